The van der Waals surface area contributed by atoms with Crippen molar-refractivity contribution >= 4 is 6.03 Å². The first-order valence-corrected chi connectivity index (χ1v) is 5.52. The van der Waals surface area contributed by atoms with Crippen molar-refractivity contribution in [1.29, 1.82) is 0 Å². The number of nitrogens with zero attached hydrogens (tertiary/aromatic N) is 2. The Morgan fingerprint density at radius 1 is 1.33 bits per heavy atom. The van der Waals surface area contributed by atoms with E-state index >= 15 is 0 Å². The number of methoxy groups -OCH3 is 1. The second-order valence-corrected chi connectivity index (χ2v) is 3.75. The number of amides is 2. The van der Waals surface area contributed by atoms with Crippen LogP contribution in [-0.4, -0.2) is 62.3 Å². The summed E-state index contributed by atoms with van der Waals surface area (Å²) in [5.74, 6) is 0. The van der Waals surface area contributed by atoms with Crippen LogP contribution < -0.4 is 5.73 Å². The van der Waals surface area contributed by atoms with Crippen LogP contribution in [0, 0.1) is 0 Å². The molecule has 0 saturated carbocycles. The number of rotatable bonds is 6. The molecule has 0 aliphatic carbocycles. The van der Waals surface area contributed by atoms with E-state index in [-0.39, 0.29) is 6.03 Å². The molecule has 0 spiro atoms. The molecule has 2 N–H and O–H groups in total. The van der Waals surface area contributed by atoms with E-state index < -0.39 is 0 Å². The molecule has 2 amide bonds. The standard InChI is InChI=1S/C10H21N3O2/c1-15-9-3-7-12-5-2-6-13(8-4-11)10(12)14/h2-9,11H2,1H3. The third kappa shape index (κ3) is 3.68. The minimum atomic E-state index is 0.128. The maximum Gasteiger partial charge on any atom is 0.320 e. The third-order valence-corrected chi connectivity index (χ3v) is 2.57. The molecule has 5 nitrogen and oxygen atoms in total. The van der Waals surface area contributed by atoms with E-state index in [4.69, 9.17) is 10.5 Å². The predicted octanol–water partition coefficient (Wildman–Crippen LogP) is 0.109. The molecule has 1 aliphatic rings. The first kappa shape index (κ1) is 12.3. The van der Waals surface area contributed by atoms with E-state index in [1.807, 2.05) is 9.80 Å². The molecule has 0 aromatic carbocycles. The molecule has 0 atom stereocenters. The topological polar surface area (TPSA) is 58.8 Å². The van der Waals surface area contributed by atoms with Gasteiger partial charge >= 0.3 is 6.03 Å². The highest BCUT2D eigenvalue weighted by molar-refractivity contribution is 5.75. The molecule has 1 fully saturated rings. The second kappa shape index (κ2) is 6.63. The summed E-state index contributed by atoms with van der Waals surface area (Å²) in [4.78, 5) is 15.6. The Morgan fingerprint density at radius 3 is 2.60 bits per heavy atom. The Bertz CT molecular complexity index is 197. The van der Waals surface area contributed by atoms with Crippen LogP contribution in [0.25, 0.3) is 0 Å². The predicted molar refractivity (Wildman–Crippen MR) is 58.7 cm³/mol. The zero-order valence-electron chi connectivity index (χ0n) is 9.45. The van der Waals surface area contributed by atoms with E-state index in [1.54, 1.807) is 7.11 Å². The molecule has 0 radical (unpaired) electrons. The number of nitrogens with two attached hydrogens (primary N) is 1. The fourth-order valence-corrected chi connectivity index (χ4v) is 1.81. The summed E-state index contributed by atoms with van der Waals surface area (Å²) in [6, 6.07) is 0.128. The fourth-order valence-electron chi connectivity index (χ4n) is 1.81. The number of carbonyl (C=O) groups is 1. The maximum atomic E-state index is 11.9. The molecular formula is C10H21N3O2. The van der Waals surface area contributed by atoms with Gasteiger partial charge < -0.3 is 20.3 Å². The molecule has 1 aliphatic heterocycles. The normalized spacial score (nSPS) is 17.3. The fraction of sp³-hybridized carbons (Fsp3) is 0.900. The Labute approximate surface area is 91.2 Å². The van der Waals surface area contributed by atoms with Gasteiger partial charge in [0.25, 0.3) is 0 Å². The van der Waals surface area contributed by atoms with Crippen molar-refractivity contribution in [2.75, 3.05) is 46.4 Å². The van der Waals surface area contributed by atoms with E-state index in [1.165, 1.54) is 0 Å². The van der Waals surface area contributed by atoms with Gasteiger partial charge in [0.2, 0.25) is 0 Å². The Balaban J connectivity index is 2.33. The number of hydrogen-bond donors (Lipinski definition) is 1. The quantitative estimate of drug-likeness (QED) is 0.640. The number of hydrogen-bond acceptors (Lipinski definition) is 3. The molecule has 88 valence electrons. The summed E-state index contributed by atoms with van der Waals surface area (Å²) in [7, 11) is 1.68. The van der Waals surface area contributed by atoms with Gasteiger partial charge in [0.05, 0.1) is 0 Å². The smallest absolute Gasteiger partial charge is 0.320 e. The van der Waals surface area contributed by atoms with Crippen LogP contribution in [0.4, 0.5) is 4.79 Å². The van der Waals surface area contributed by atoms with Crippen molar-refractivity contribution in [2.45, 2.75) is 12.8 Å². The van der Waals surface area contributed by atoms with Gasteiger partial charge in [0.1, 0.15) is 0 Å². The van der Waals surface area contributed by atoms with E-state index in [0.717, 1.165) is 32.5 Å². The van der Waals surface area contributed by atoms with Crippen LogP contribution in [0.1, 0.15) is 12.8 Å². The third-order valence-electron chi connectivity index (χ3n) is 2.57. The van der Waals surface area contributed by atoms with Crippen molar-refractivity contribution in [3.63, 3.8) is 0 Å². The Morgan fingerprint density at radius 2 is 2.00 bits per heavy atom. The SMILES string of the molecule is COCCCN1CCCN(CCN)C1=O. The highest BCUT2D eigenvalue weighted by Crippen LogP contribution is 2.08. The monoisotopic (exact) mass is 215 g/mol. The number of ether oxygens (including phenoxy) is 1. The molecule has 5 heteroatoms. The minimum absolute atomic E-state index is 0.128. The first-order chi connectivity index (χ1) is 7.29. The largest absolute Gasteiger partial charge is 0.385 e. The summed E-state index contributed by atoms with van der Waals surface area (Å²) in [6.07, 6.45) is 1.94. The Hall–Kier alpha value is -0.810. The lowest BCUT2D eigenvalue weighted by Crippen LogP contribution is -2.50. The molecule has 0 bridgehead atoms. The summed E-state index contributed by atoms with van der Waals surface area (Å²) in [5, 5.41) is 0. The zero-order chi connectivity index (χ0) is 11.1. The van der Waals surface area contributed by atoms with E-state index in [2.05, 4.69) is 0 Å². The summed E-state index contributed by atoms with van der Waals surface area (Å²) in [6.45, 7) is 4.41. The molecule has 0 aromatic rings. The average Bonchev–Trinajstić information content (AvgIpc) is 2.24. The van der Waals surface area contributed by atoms with Crippen molar-refractivity contribution in [3.8, 4) is 0 Å². The first-order valence-electron chi connectivity index (χ1n) is 5.52. The van der Waals surface area contributed by atoms with Gasteiger partial charge in [-0.2, -0.15) is 0 Å². The lowest BCUT2D eigenvalue weighted by Gasteiger charge is -2.35. The number of urea groups is 1. The maximum absolute atomic E-state index is 11.9. The molecule has 1 heterocycles. The highest BCUT2D eigenvalue weighted by Gasteiger charge is 2.23. The zero-order valence-corrected chi connectivity index (χ0v) is 9.45. The molecular weight excluding hydrogens is 194 g/mol. The van der Waals surface area contributed by atoms with Gasteiger partial charge in [-0.15, -0.1) is 0 Å². The lowest BCUT2D eigenvalue weighted by atomic mass is 10.2. The molecule has 15 heavy (non-hydrogen) atoms. The van der Waals surface area contributed by atoms with Gasteiger partial charge in [0.15, 0.2) is 0 Å². The van der Waals surface area contributed by atoms with E-state index in [0.29, 0.717) is 19.7 Å². The van der Waals surface area contributed by atoms with Crippen molar-refractivity contribution in [2.24, 2.45) is 5.73 Å². The summed E-state index contributed by atoms with van der Waals surface area (Å²) in [5.41, 5.74) is 5.46. The van der Waals surface area contributed by atoms with Crippen LogP contribution in [0.3, 0.4) is 0 Å². The second-order valence-electron chi connectivity index (χ2n) is 3.75. The van der Waals surface area contributed by atoms with Gasteiger partial charge in [-0.3, -0.25) is 0 Å². The lowest BCUT2D eigenvalue weighted by molar-refractivity contribution is 0.121. The molecule has 0 unspecified atom stereocenters. The van der Waals surface area contributed by atoms with Crippen molar-refractivity contribution < 1.29 is 9.53 Å². The van der Waals surface area contributed by atoms with Crippen LogP contribution in [-0.2, 0) is 4.74 Å². The van der Waals surface area contributed by atoms with Crippen molar-refractivity contribution in [3.05, 3.63) is 0 Å². The van der Waals surface area contributed by atoms with Crippen LogP contribution in [0.5, 0.6) is 0 Å². The summed E-state index contributed by atoms with van der Waals surface area (Å²) >= 11 is 0. The van der Waals surface area contributed by atoms with Crippen LogP contribution in [0.2, 0.25) is 0 Å². The van der Waals surface area contributed by atoms with E-state index in [9.17, 15) is 4.79 Å². The number of carbonyl (C=O) groups excluding carboxylic acids is 1. The van der Waals surface area contributed by atoms with Gasteiger partial charge in [-0.25, -0.2) is 4.79 Å². The average molecular weight is 215 g/mol. The van der Waals surface area contributed by atoms with Gasteiger partial charge in [-0.1, -0.05) is 0 Å². The van der Waals surface area contributed by atoms with Gasteiger partial charge in [0, 0.05) is 46.4 Å². The summed E-state index contributed by atoms with van der Waals surface area (Å²) < 4.78 is 4.97. The van der Waals surface area contributed by atoms with Gasteiger partial charge in [-0.05, 0) is 12.8 Å². The van der Waals surface area contributed by atoms with Crippen LogP contribution in [0.15, 0.2) is 0 Å². The molecule has 1 saturated heterocycles. The molecule has 0 aromatic heterocycles. The highest BCUT2D eigenvalue weighted by atomic mass is 16.5. The Kier molecular flexibility index (Phi) is 5.42. The van der Waals surface area contributed by atoms with Crippen LogP contribution >= 0.6 is 0 Å². The minimum Gasteiger partial charge on any atom is -0.385 e. The molecule has 1 rings (SSSR count). The van der Waals surface area contributed by atoms with Crippen molar-refractivity contribution in [1.82, 2.24) is 9.80 Å².